The van der Waals surface area contributed by atoms with Crippen LogP contribution in [-0.4, -0.2) is 41.2 Å². The van der Waals surface area contributed by atoms with Crippen LogP contribution in [0.3, 0.4) is 0 Å². The molecule has 27 heavy (non-hydrogen) atoms. The number of phenolic OH excluding ortho intramolecular Hbond substituents is 1. The van der Waals surface area contributed by atoms with Crippen molar-refractivity contribution in [2.75, 3.05) is 26.2 Å². The lowest BCUT2D eigenvalue weighted by Gasteiger charge is -2.15. The molecule has 3 aromatic rings. The maximum atomic E-state index is 9.40. The molecule has 2 heterocycles. The summed E-state index contributed by atoms with van der Waals surface area (Å²) in [6.07, 6.45) is 4.49. The van der Waals surface area contributed by atoms with E-state index in [2.05, 4.69) is 16.0 Å². The fourth-order valence-corrected chi connectivity index (χ4v) is 3.41. The first-order chi connectivity index (χ1) is 13.3. The zero-order valence-electron chi connectivity index (χ0n) is 15.3. The Hall–Kier alpha value is -2.85. The average molecular weight is 360 g/mol. The van der Waals surface area contributed by atoms with Crippen molar-refractivity contribution in [2.24, 2.45) is 0 Å². The lowest BCUT2D eigenvalue weighted by Crippen LogP contribution is -2.25. The van der Waals surface area contributed by atoms with Crippen molar-refractivity contribution in [2.45, 2.75) is 12.8 Å². The minimum Gasteiger partial charge on any atom is -0.508 e. The van der Waals surface area contributed by atoms with Crippen LogP contribution in [0.1, 0.15) is 12.8 Å². The molecule has 1 fully saturated rings. The van der Waals surface area contributed by atoms with Crippen LogP contribution in [0.5, 0.6) is 11.5 Å². The van der Waals surface area contributed by atoms with Crippen LogP contribution in [0.4, 0.5) is 0 Å². The van der Waals surface area contributed by atoms with E-state index in [-0.39, 0.29) is 5.75 Å². The molecule has 0 spiro atoms. The van der Waals surface area contributed by atoms with Gasteiger partial charge in [-0.25, -0.2) is 0 Å². The highest BCUT2D eigenvalue weighted by Crippen LogP contribution is 2.25. The SMILES string of the molecule is Oc1ccc(-c2ccc(-c3ccc(OCCN4CCCC4)cc3)nc2)cc1. The first-order valence-corrected chi connectivity index (χ1v) is 9.49. The van der Waals surface area contributed by atoms with Crippen molar-refractivity contribution in [3.63, 3.8) is 0 Å². The van der Waals surface area contributed by atoms with Gasteiger partial charge in [0, 0.05) is 23.9 Å². The van der Waals surface area contributed by atoms with Gasteiger partial charge in [-0.15, -0.1) is 0 Å². The highest BCUT2D eigenvalue weighted by Gasteiger charge is 2.10. The lowest BCUT2D eigenvalue weighted by molar-refractivity contribution is 0.238. The Morgan fingerprint density at radius 3 is 2.15 bits per heavy atom. The van der Waals surface area contributed by atoms with Gasteiger partial charge in [-0.1, -0.05) is 18.2 Å². The zero-order valence-corrected chi connectivity index (χ0v) is 15.3. The maximum Gasteiger partial charge on any atom is 0.119 e. The molecule has 4 nitrogen and oxygen atoms in total. The Labute approximate surface area is 160 Å². The van der Waals surface area contributed by atoms with Gasteiger partial charge >= 0.3 is 0 Å². The summed E-state index contributed by atoms with van der Waals surface area (Å²) in [4.78, 5) is 7.03. The molecule has 138 valence electrons. The van der Waals surface area contributed by atoms with Crippen molar-refractivity contribution in [1.29, 1.82) is 0 Å². The third-order valence-corrected chi connectivity index (χ3v) is 4.99. The number of pyridine rings is 1. The summed E-state index contributed by atoms with van der Waals surface area (Å²) in [6, 6.07) is 19.3. The van der Waals surface area contributed by atoms with E-state index in [9.17, 15) is 5.11 Å². The van der Waals surface area contributed by atoms with Gasteiger partial charge in [0.2, 0.25) is 0 Å². The number of phenols is 1. The summed E-state index contributed by atoms with van der Waals surface area (Å²) in [5, 5.41) is 9.40. The zero-order chi connectivity index (χ0) is 18.5. The van der Waals surface area contributed by atoms with Crippen molar-refractivity contribution in [1.82, 2.24) is 9.88 Å². The molecule has 1 saturated heterocycles. The molecule has 0 unspecified atom stereocenters. The Bertz CT molecular complexity index is 852. The molecule has 4 heteroatoms. The minimum absolute atomic E-state index is 0.270. The summed E-state index contributed by atoms with van der Waals surface area (Å²) in [6.45, 7) is 4.14. The van der Waals surface area contributed by atoms with E-state index in [4.69, 9.17) is 4.74 Å². The molecule has 2 aromatic carbocycles. The molecule has 1 aliphatic rings. The van der Waals surface area contributed by atoms with E-state index in [0.717, 1.165) is 41.3 Å². The molecule has 0 aliphatic carbocycles. The van der Waals surface area contributed by atoms with Gasteiger partial charge in [0.05, 0.1) is 5.69 Å². The lowest BCUT2D eigenvalue weighted by atomic mass is 10.1. The van der Waals surface area contributed by atoms with E-state index in [0.29, 0.717) is 0 Å². The Morgan fingerprint density at radius 1 is 0.815 bits per heavy atom. The quantitative estimate of drug-likeness (QED) is 0.698. The molecule has 4 rings (SSSR count). The number of aromatic nitrogens is 1. The van der Waals surface area contributed by atoms with Crippen LogP contribution in [0.15, 0.2) is 66.9 Å². The Morgan fingerprint density at radius 2 is 1.48 bits per heavy atom. The molecule has 1 aliphatic heterocycles. The maximum absolute atomic E-state index is 9.40. The Balaban J connectivity index is 1.37. The fraction of sp³-hybridized carbons (Fsp3) is 0.261. The predicted molar refractivity (Wildman–Crippen MR) is 108 cm³/mol. The van der Waals surface area contributed by atoms with Crippen LogP contribution in [0.25, 0.3) is 22.4 Å². The Kier molecular flexibility index (Phi) is 5.35. The number of nitrogens with zero attached hydrogens (tertiary/aromatic N) is 2. The van der Waals surface area contributed by atoms with Crippen molar-refractivity contribution >= 4 is 0 Å². The molecular weight excluding hydrogens is 336 g/mol. The highest BCUT2D eigenvalue weighted by atomic mass is 16.5. The smallest absolute Gasteiger partial charge is 0.119 e. The average Bonchev–Trinajstić information content (AvgIpc) is 3.23. The number of likely N-dealkylation sites (tertiary alicyclic amines) is 1. The number of aromatic hydroxyl groups is 1. The van der Waals surface area contributed by atoms with Crippen LogP contribution >= 0.6 is 0 Å². The molecule has 0 radical (unpaired) electrons. The highest BCUT2D eigenvalue weighted by molar-refractivity contribution is 5.67. The third-order valence-electron chi connectivity index (χ3n) is 4.99. The largest absolute Gasteiger partial charge is 0.508 e. The molecular formula is C23H24N2O2. The molecule has 1 aromatic heterocycles. The molecule has 0 amide bonds. The van der Waals surface area contributed by atoms with Crippen molar-refractivity contribution < 1.29 is 9.84 Å². The number of rotatable bonds is 6. The van der Waals surface area contributed by atoms with E-state index in [1.165, 1.54) is 25.9 Å². The van der Waals surface area contributed by atoms with Crippen molar-refractivity contribution in [3.8, 4) is 33.9 Å². The fourth-order valence-electron chi connectivity index (χ4n) is 3.41. The van der Waals surface area contributed by atoms with Crippen LogP contribution in [0.2, 0.25) is 0 Å². The van der Waals surface area contributed by atoms with Gasteiger partial charge in [-0.2, -0.15) is 0 Å². The van der Waals surface area contributed by atoms with Gasteiger partial charge in [-0.3, -0.25) is 9.88 Å². The number of hydrogen-bond acceptors (Lipinski definition) is 4. The van der Waals surface area contributed by atoms with Crippen molar-refractivity contribution in [3.05, 3.63) is 66.9 Å². The summed E-state index contributed by atoms with van der Waals surface area (Å²) < 4.78 is 5.86. The second kappa shape index (κ2) is 8.23. The molecule has 0 bridgehead atoms. The van der Waals surface area contributed by atoms with Crippen LogP contribution in [0, 0.1) is 0 Å². The van der Waals surface area contributed by atoms with Gasteiger partial charge in [0.25, 0.3) is 0 Å². The van der Waals surface area contributed by atoms with Gasteiger partial charge in [0.15, 0.2) is 0 Å². The summed E-state index contributed by atoms with van der Waals surface area (Å²) in [5.74, 6) is 1.17. The van der Waals surface area contributed by atoms with E-state index in [1.54, 1.807) is 12.1 Å². The minimum atomic E-state index is 0.270. The number of ether oxygens (including phenoxy) is 1. The topological polar surface area (TPSA) is 45.6 Å². The normalized spacial score (nSPS) is 14.4. The summed E-state index contributed by atoms with van der Waals surface area (Å²) in [7, 11) is 0. The third kappa shape index (κ3) is 4.47. The van der Waals surface area contributed by atoms with Gasteiger partial charge in [0.1, 0.15) is 18.1 Å². The first kappa shape index (κ1) is 17.6. The molecule has 0 atom stereocenters. The van der Waals surface area contributed by atoms with E-state index in [1.807, 2.05) is 48.7 Å². The monoisotopic (exact) mass is 360 g/mol. The standard InChI is InChI=1S/C23H24N2O2/c26-21-8-3-18(4-9-21)20-7-12-23(24-17-20)19-5-10-22(11-6-19)27-16-15-25-13-1-2-14-25/h3-12,17,26H,1-2,13-16H2. The molecule has 1 N–H and O–H groups in total. The molecule has 0 saturated carbocycles. The van der Waals surface area contributed by atoms with E-state index >= 15 is 0 Å². The summed E-state index contributed by atoms with van der Waals surface area (Å²) >= 11 is 0. The van der Waals surface area contributed by atoms with Crippen LogP contribution < -0.4 is 4.74 Å². The number of benzene rings is 2. The first-order valence-electron chi connectivity index (χ1n) is 9.49. The van der Waals surface area contributed by atoms with Gasteiger partial charge in [-0.05, 0) is 74.0 Å². The second-order valence-corrected chi connectivity index (χ2v) is 6.90. The van der Waals surface area contributed by atoms with Crippen LogP contribution in [-0.2, 0) is 0 Å². The second-order valence-electron chi connectivity index (χ2n) is 6.90. The predicted octanol–water partition coefficient (Wildman–Crippen LogP) is 4.60. The van der Waals surface area contributed by atoms with Gasteiger partial charge < -0.3 is 9.84 Å². The van der Waals surface area contributed by atoms with E-state index < -0.39 is 0 Å². The number of hydrogen-bond donors (Lipinski definition) is 1. The summed E-state index contributed by atoms with van der Waals surface area (Å²) in [5.41, 5.74) is 4.06.